The Labute approximate surface area is 113 Å². The molecule has 0 fully saturated rings. The average molecular weight is 274 g/mol. The molecule has 0 aliphatic heterocycles. The lowest BCUT2D eigenvalue weighted by atomic mass is 10.2. The number of carboxylic acids is 1. The molecule has 7 heteroatoms. The third kappa shape index (κ3) is 2.72. The molecule has 0 saturated carbocycles. The molecule has 102 valence electrons. The second-order valence-electron chi connectivity index (χ2n) is 3.99. The summed E-state index contributed by atoms with van der Waals surface area (Å²) in [6.07, 6.45) is 1.35. The van der Waals surface area contributed by atoms with Crippen molar-refractivity contribution in [3.05, 3.63) is 57.8 Å². The Bertz CT molecular complexity index is 684. The van der Waals surface area contributed by atoms with E-state index in [-0.39, 0.29) is 22.9 Å². The standard InChI is InChI=1S/C13H10N2O5/c1-8-4-5-11(10(7-8)15(18)19)20-12-9(13(16)17)3-2-6-14-12/h2-7H,1H3,(H,16,17). The summed E-state index contributed by atoms with van der Waals surface area (Å²) in [5.74, 6) is -1.46. The van der Waals surface area contributed by atoms with Gasteiger partial charge in [-0.25, -0.2) is 9.78 Å². The van der Waals surface area contributed by atoms with E-state index in [9.17, 15) is 14.9 Å². The molecule has 0 amide bonds. The molecule has 0 spiro atoms. The highest BCUT2D eigenvalue weighted by Gasteiger charge is 2.19. The summed E-state index contributed by atoms with van der Waals surface area (Å²) < 4.78 is 5.28. The molecule has 0 atom stereocenters. The zero-order valence-corrected chi connectivity index (χ0v) is 10.4. The smallest absolute Gasteiger partial charge is 0.341 e. The number of aromatic nitrogens is 1. The van der Waals surface area contributed by atoms with Crippen molar-refractivity contribution in [1.82, 2.24) is 4.98 Å². The van der Waals surface area contributed by atoms with E-state index in [4.69, 9.17) is 9.84 Å². The highest BCUT2D eigenvalue weighted by Crippen LogP contribution is 2.32. The van der Waals surface area contributed by atoms with Crippen molar-refractivity contribution in [1.29, 1.82) is 0 Å². The summed E-state index contributed by atoms with van der Waals surface area (Å²) in [7, 11) is 0. The van der Waals surface area contributed by atoms with E-state index in [2.05, 4.69) is 4.98 Å². The molecule has 1 aromatic carbocycles. The third-order valence-corrected chi connectivity index (χ3v) is 2.52. The number of nitro groups is 1. The van der Waals surface area contributed by atoms with Crippen molar-refractivity contribution in [2.45, 2.75) is 6.92 Å². The minimum Gasteiger partial charge on any atom is -0.477 e. The molecule has 1 N–H and O–H groups in total. The van der Waals surface area contributed by atoms with Gasteiger partial charge < -0.3 is 9.84 Å². The highest BCUT2D eigenvalue weighted by molar-refractivity contribution is 5.90. The quantitative estimate of drug-likeness (QED) is 0.679. The lowest BCUT2D eigenvalue weighted by Gasteiger charge is -2.08. The fourth-order valence-electron chi connectivity index (χ4n) is 1.60. The largest absolute Gasteiger partial charge is 0.477 e. The second kappa shape index (κ2) is 5.35. The number of nitrogens with zero attached hydrogens (tertiary/aromatic N) is 2. The summed E-state index contributed by atoms with van der Waals surface area (Å²) in [6.45, 7) is 1.71. The number of aromatic carboxylic acids is 1. The molecule has 2 rings (SSSR count). The van der Waals surface area contributed by atoms with Gasteiger partial charge >= 0.3 is 11.7 Å². The van der Waals surface area contributed by atoms with Gasteiger partial charge in [-0.1, -0.05) is 6.07 Å². The Morgan fingerprint density at radius 2 is 2.15 bits per heavy atom. The van der Waals surface area contributed by atoms with Crippen molar-refractivity contribution in [3.63, 3.8) is 0 Å². The first-order valence-corrected chi connectivity index (χ1v) is 5.60. The zero-order valence-electron chi connectivity index (χ0n) is 10.4. The molecule has 0 radical (unpaired) electrons. The summed E-state index contributed by atoms with van der Waals surface area (Å²) in [5.41, 5.74) is 0.290. The monoisotopic (exact) mass is 274 g/mol. The minimum atomic E-state index is -1.22. The van der Waals surface area contributed by atoms with E-state index in [1.807, 2.05) is 0 Å². The van der Waals surface area contributed by atoms with Gasteiger partial charge in [0.25, 0.3) is 0 Å². The molecule has 0 aliphatic rings. The molecule has 2 aromatic rings. The molecule has 0 saturated heterocycles. The number of rotatable bonds is 4. The van der Waals surface area contributed by atoms with Gasteiger partial charge in [0.05, 0.1) is 4.92 Å². The van der Waals surface area contributed by atoms with Gasteiger partial charge in [0.2, 0.25) is 11.6 Å². The van der Waals surface area contributed by atoms with E-state index >= 15 is 0 Å². The first-order chi connectivity index (χ1) is 9.49. The minimum absolute atomic E-state index is 0.0539. The predicted molar refractivity (Wildman–Crippen MR) is 69.1 cm³/mol. The number of carboxylic acid groups (broad SMARTS) is 1. The number of benzene rings is 1. The van der Waals surface area contributed by atoms with E-state index in [0.717, 1.165) is 0 Å². The summed E-state index contributed by atoms with van der Waals surface area (Å²) in [4.78, 5) is 25.2. The number of ether oxygens (including phenoxy) is 1. The Hall–Kier alpha value is -2.96. The van der Waals surface area contributed by atoms with Crippen LogP contribution in [0.4, 0.5) is 5.69 Å². The van der Waals surface area contributed by atoms with Crippen LogP contribution < -0.4 is 4.74 Å². The fraction of sp³-hybridized carbons (Fsp3) is 0.0769. The Kier molecular flexibility index (Phi) is 3.60. The molecule has 0 bridgehead atoms. The van der Waals surface area contributed by atoms with Crippen LogP contribution >= 0.6 is 0 Å². The number of pyridine rings is 1. The third-order valence-electron chi connectivity index (χ3n) is 2.52. The Morgan fingerprint density at radius 3 is 2.80 bits per heavy atom. The van der Waals surface area contributed by atoms with Gasteiger partial charge in [-0.15, -0.1) is 0 Å². The number of nitro benzene ring substituents is 1. The normalized spacial score (nSPS) is 10.1. The maximum atomic E-state index is 11.0. The molecule has 1 aromatic heterocycles. The van der Waals surface area contributed by atoms with Crippen LogP contribution in [0, 0.1) is 17.0 Å². The molecule has 0 aliphatic carbocycles. The van der Waals surface area contributed by atoms with Gasteiger partial charge in [-0.3, -0.25) is 10.1 Å². The van der Waals surface area contributed by atoms with Gasteiger partial charge in [0.15, 0.2) is 0 Å². The predicted octanol–water partition coefficient (Wildman–Crippen LogP) is 2.79. The molecular formula is C13H10N2O5. The molecule has 20 heavy (non-hydrogen) atoms. The molecule has 1 heterocycles. The lowest BCUT2D eigenvalue weighted by molar-refractivity contribution is -0.385. The lowest BCUT2D eigenvalue weighted by Crippen LogP contribution is -2.02. The van der Waals surface area contributed by atoms with Crippen molar-refractivity contribution in [3.8, 4) is 11.6 Å². The van der Waals surface area contributed by atoms with Crippen LogP contribution in [0.15, 0.2) is 36.5 Å². The average Bonchev–Trinajstić information content (AvgIpc) is 2.41. The topological polar surface area (TPSA) is 103 Å². The molecule has 0 unspecified atom stereocenters. The second-order valence-corrected chi connectivity index (χ2v) is 3.99. The Balaban J connectivity index is 2.45. The number of carbonyl (C=O) groups is 1. The van der Waals surface area contributed by atoms with E-state index < -0.39 is 10.9 Å². The van der Waals surface area contributed by atoms with Crippen LogP contribution in [0.2, 0.25) is 0 Å². The fourth-order valence-corrected chi connectivity index (χ4v) is 1.60. The van der Waals surface area contributed by atoms with Crippen molar-refractivity contribution in [2.24, 2.45) is 0 Å². The van der Waals surface area contributed by atoms with Crippen molar-refractivity contribution < 1.29 is 19.6 Å². The van der Waals surface area contributed by atoms with Crippen LogP contribution in [0.1, 0.15) is 15.9 Å². The van der Waals surface area contributed by atoms with Gasteiger partial charge in [-0.2, -0.15) is 0 Å². The molecular weight excluding hydrogens is 264 g/mol. The SMILES string of the molecule is Cc1ccc(Oc2ncccc2C(=O)O)c([N+](=O)[O-])c1. The van der Waals surface area contributed by atoms with Crippen LogP contribution in [-0.4, -0.2) is 21.0 Å². The summed E-state index contributed by atoms with van der Waals surface area (Å²) >= 11 is 0. The van der Waals surface area contributed by atoms with Crippen molar-refractivity contribution >= 4 is 11.7 Å². The maximum Gasteiger partial charge on any atom is 0.341 e. The first kappa shape index (κ1) is 13.5. The van der Waals surface area contributed by atoms with Gasteiger partial charge in [-0.05, 0) is 30.7 Å². The first-order valence-electron chi connectivity index (χ1n) is 5.60. The van der Waals surface area contributed by atoms with Crippen LogP contribution in [0.25, 0.3) is 0 Å². The molecule has 7 nitrogen and oxygen atoms in total. The van der Waals surface area contributed by atoms with E-state index in [0.29, 0.717) is 5.56 Å². The van der Waals surface area contributed by atoms with Crippen LogP contribution in [0.3, 0.4) is 0 Å². The highest BCUT2D eigenvalue weighted by atomic mass is 16.6. The number of hydrogen-bond acceptors (Lipinski definition) is 5. The summed E-state index contributed by atoms with van der Waals surface area (Å²) in [5, 5.41) is 20.0. The van der Waals surface area contributed by atoms with Crippen LogP contribution in [0.5, 0.6) is 11.6 Å². The number of hydrogen-bond donors (Lipinski definition) is 1. The zero-order chi connectivity index (χ0) is 14.7. The van der Waals surface area contributed by atoms with Crippen LogP contribution in [-0.2, 0) is 0 Å². The van der Waals surface area contributed by atoms with Gasteiger partial charge in [0.1, 0.15) is 5.56 Å². The van der Waals surface area contributed by atoms with E-state index in [1.54, 1.807) is 13.0 Å². The number of aryl methyl sites for hydroxylation is 1. The summed E-state index contributed by atoms with van der Waals surface area (Å²) in [6, 6.07) is 7.14. The van der Waals surface area contributed by atoms with Gasteiger partial charge in [0, 0.05) is 12.3 Å². The Morgan fingerprint density at radius 1 is 1.40 bits per heavy atom. The van der Waals surface area contributed by atoms with E-state index in [1.165, 1.54) is 30.5 Å². The maximum absolute atomic E-state index is 11.0. The van der Waals surface area contributed by atoms with Crippen molar-refractivity contribution in [2.75, 3.05) is 0 Å².